The molecule has 0 unspecified atom stereocenters. The maximum absolute atomic E-state index is 6.07. The van der Waals surface area contributed by atoms with E-state index in [4.69, 9.17) is 4.42 Å². The molecule has 0 bridgehead atoms. The lowest BCUT2D eigenvalue weighted by molar-refractivity contribution is 0.495. The van der Waals surface area contributed by atoms with Crippen LogP contribution in [0.3, 0.4) is 0 Å². The van der Waals surface area contributed by atoms with Gasteiger partial charge in [-0.05, 0) is 63.4 Å². The van der Waals surface area contributed by atoms with E-state index in [2.05, 4.69) is 88.4 Å². The highest BCUT2D eigenvalue weighted by Crippen LogP contribution is 2.38. The molecule has 4 rings (SSSR count). The molecule has 0 amide bonds. The molecule has 0 atom stereocenters. The third-order valence-electron chi connectivity index (χ3n) is 5.43. The van der Waals surface area contributed by atoms with Crippen LogP contribution < -0.4 is 0 Å². The van der Waals surface area contributed by atoms with Crippen LogP contribution in [0.15, 0.2) is 59.0 Å². The first kappa shape index (κ1) is 17.9. The molecule has 3 aromatic rings. The van der Waals surface area contributed by atoms with Crippen molar-refractivity contribution in [3.63, 3.8) is 0 Å². The van der Waals surface area contributed by atoms with Gasteiger partial charge in [-0.15, -0.1) is 0 Å². The normalized spacial score (nSPS) is 13.6. The molecule has 138 valence electrons. The number of allylic oxidation sites excluding steroid dienone is 1. The molecule has 0 saturated heterocycles. The van der Waals surface area contributed by atoms with Crippen LogP contribution in [-0.4, -0.2) is 0 Å². The van der Waals surface area contributed by atoms with Crippen molar-refractivity contribution < 1.29 is 4.42 Å². The van der Waals surface area contributed by atoms with Crippen LogP contribution in [0.25, 0.3) is 22.8 Å². The molecule has 0 saturated carbocycles. The summed E-state index contributed by atoms with van der Waals surface area (Å²) in [7, 11) is 0. The van der Waals surface area contributed by atoms with Crippen molar-refractivity contribution in [3.05, 3.63) is 82.8 Å². The van der Waals surface area contributed by atoms with Crippen LogP contribution in [0.2, 0.25) is 0 Å². The van der Waals surface area contributed by atoms with E-state index in [0.717, 1.165) is 30.8 Å². The van der Waals surface area contributed by atoms with Crippen molar-refractivity contribution in [1.82, 2.24) is 0 Å². The van der Waals surface area contributed by atoms with E-state index in [-0.39, 0.29) is 5.41 Å². The van der Waals surface area contributed by atoms with E-state index >= 15 is 0 Å². The minimum atomic E-state index is 0.180. The Bertz CT molecular complexity index is 978. The first-order valence-corrected chi connectivity index (χ1v) is 9.98. The molecule has 27 heavy (non-hydrogen) atoms. The monoisotopic (exact) mass is 356 g/mol. The van der Waals surface area contributed by atoms with Gasteiger partial charge in [0, 0.05) is 12.8 Å². The number of hydrogen-bond acceptors (Lipinski definition) is 1. The summed E-state index contributed by atoms with van der Waals surface area (Å²) in [6.07, 6.45) is 5.38. The number of rotatable bonds is 4. The fourth-order valence-electron chi connectivity index (χ4n) is 3.86. The molecular formula is C26H28O. The summed E-state index contributed by atoms with van der Waals surface area (Å²) in [5.41, 5.74) is 8.15. The molecule has 0 spiro atoms. The van der Waals surface area contributed by atoms with E-state index in [0.29, 0.717) is 0 Å². The van der Waals surface area contributed by atoms with E-state index in [1.165, 1.54) is 33.4 Å². The van der Waals surface area contributed by atoms with Gasteiger partial charge >= 0.3 is 0 Å². The van der Waals surface area contributed by atoms with Crippen molar-refractivity contribution in [2.75, 3.05) is 0 Å². The second-order valence-electron chi connectivity index (χ2n) is 8.57. The fourth-order valence-corrected chi connectivity index (χ4v) is 3.86. The van der Waals surface area contributed by atoms with Gasteiger partial charge in [0.2, 0.25) is 0 Å². The van der Waals surface area contributed by atoms with E-state index in [1.54, 1.807) is 0 Å². The summed E-state index contributed by atoms with van der Waals surface area (Å²) < 4.78 is 6.07. The van der Waals surface area contributed by atoms with Gasteiger partial charge in [0.15, 0.2) is 0 Å². The molecule has 2 aromatic carbocycles. The average molecular weight is 357 g/mol. The van der Waals surface area contributed by atoms with Gasteiger partial charge in [-0.1, -0.05) is 70.2 Å². The third kappa shape index (κ3) is 3.51. The van der Waals surface area contributed by atoms with E-state index in [9.17, 15) is 0 Å². The van der Waals surface area contributed by atoms with Gasteiger partial charge in [-0.3, -0.25) is 0 Å². The van der Waals surface area contributed by atoms with Gasteiger partial charge in [0.05, 0.1) is 0 Å². The predicted octanol–water partition coefficient (Wildman–Crippen LogP) is 7.29. The molecule has 1 aromatic heterocycles. The number of furan rings is 1. The molecule has 1 heteroatoms. The fraction of sp³-hybridized carbons (Fsp3) is 0.308. The van der Waals surface area contributed by atoms with Gasteiger partial charge in [0.25, 0.3) is 0 Å². The maximum atomic E-state index is 6.07. The van der Waals surface area contributed by atoms with Crippen LogP contribution in [0, 0.1) is 0 Å². The Labute approximate surface area is 162 Å². The summed E-state index contributed by atoms with van der Waals surface area (Å²) in [5, 5.41) is 0. The first-order valence-electron chi connectivity index (χ1n) is 9.98. The minimum absolute atomic E-state index is 0.180. The van der Waals surface area contributed by atoms with Crippen molar-refractivity contribution >= 4 is 11.6 Å². The van der Waals surface area contributed by atoms with Gasteiger partial charge in [-0.25, -0.2) is 0 Å². The lowest BCUT2D eigenvalue weighted by Crippen LogP contribution is -2.10. The Kier molecular flexibility index (Phi) is 4.55. The molecule has 0 N–H and O–H groups in total. The SMILES string of the molecule is CCCc1ccc(C2=Cc3c(cccc3-c3ccc(C(C)(C)C)cc3)C2)o1. The van der Waals surface area contributed by atoms with Crippen molar-refractivity contribution in [3.8, 4) is 11.1 Å². The molecule has 0 aliphatic heterocycles. The number of aryl methyl sites for hydroxylation is 1. The van der Waals surface area contributed by atoms with Crippen LogP contribution in [0.1, 0.15) is 62.3 Å². The van der Waals surface area contributed by atoms with Crippen molar-refractivity contribution in [2.24, 2.45) is 0 Å². The Morgan fingerprint density at radius 2 is 1.70 bits per heavy atom. The summed E-state index contributed by atoms with van der Waals surface area (Å²) >= 11 is 0. The summed E-state index contributed by atoms with van der Waals surface area (Å²) in [6, 6.07) is 19.9. The largest absolute Gasteiger partial charge is 0.461 e. The molecule has 1 aliphatic rings. The summed E-state index contributed by atoms with van der Waals surface area (Å²) in [5.74, 6) is 2.10. The number of benzene rings is 2. The number of hydrogen-bond donors (Lipinski definition) is 0. The standard InChI is InChI=1S/C26H28O/c1-5-7-22-14-15-25(27-22)20-16-19-8-6-9-23(24(19)17-20)18-10-12-21(13-11-18)26(2,3)4/h6,8-15,17H,5,7,16H2,1-4H3. The molecule has 1 aliphatic carbocycles. The topological polar surface area (TPSA) is 13.1 Å². The molecule has 0 fully saturated rings. The summed E-state index contributed by atoms with van der Waals surface area (Å²) in [6.45, 7) is 8.96. The molecule has 1 heterocycles. The Morgan fingerprint density at radius 1 is 0.926 bits per heavy atom. The highest BCUT2D eigenvalue weighted by atomic mass is 16.3. The second kappa shape index (κ2) is 6.88. The van der Waals surface area contributed by atoms with Crippen molar-refractivity contribution in [1.29, 1.82) is 0 Å². The molecule has 1 nitrogen and oxygen atoms in total. The van der Waals surface area contributed by atoms with E-state index in [1.807, 2.05) is 0 Å². The zero-order valence-electron chi connectivity index (χ0n) is 16.8. The van der Waals surface area contributed by atoms with Crippen LogP contribution in [0.5, 0.6) is 0 Å². The Morgan fingerprint density at radius 3 is 2.41 bits per heavy atom. The third-order valence-corrected chi connectivity index (χ3v) is 5.43. The highest BCUT2D eigenvalue weighted by Gasteiger charge is 2.20. The van der Waals surface area contributed by atoms with Crippen LogP contribution in [0.4, 0.5) is 0 Å². The smallest absolute Gasteiger partial charge is 0.130 e. The zero-order valence-corrected chi connectivity index (χ0v) is 16.8. The second-order valence-corrected chi connectivity index (χ2v) is 8.57. The number of fused-ring (bicyclic) bond motifs is 1. The van der Waals surface area contributed by atoms with Gasteiger partial charge in [-0.2, -0.15) is 0 Å². The predicted molar refractivity (Wildman–Crippen MR) is 115 cm³/mol. The van der Waals surface area contributed by atoms with Crippen molar-refractivity contribution in [2.45, 2.75) is 52.4 Å². The average Bonchev–Trinajstić information content (AvgIpc) is 3.27. The first-order chi connectivity index (χ1) is 13.0. The molecule has 0 radical (unpaired) electrons. The van der Waals surface area contributed by atoms with Crippen LogP contribution in [-0.2, 0) is 18.3 Å². The quantitative estimate of drug-likeness (QED) is 0.478. The minimum Gasteiger partial charge on any atom is -0.461 e. The highest BCUT2D eigenvalue weighted by molar-refractivity contribution is 5.92. The maximum Gasteiger partial charge on any atom is 0.130 e. The van der Waals surface area contributed by atoms with Gasteiger partial charge in [0.1, 0.15) is 11.5 Å². The summed E-state index contributed by atoms with van der Waals surface area (Å²) in [4.78, 5) is 0. The van der Waals surface area contributed by atoms with Crippen LogP contribution >= 0.6 is 0 Å². The lowest BCUT2D eigenvalue weighted by atomic mass is 9.86. The van der Waals surface area contributed by atoms with Gasteiger partial charge < -0.3 is 4.42 Å². The molecular weight excluding hydrogens is 328 g/mol. The van der Waals surface area contributed by atoms with E-state index < -0.39 is 0 Å². The lowest BCUT2D eigenvalue weighted by Gasteiger charge is -2.19. The Balaban J connectivity index is 1.68. The zero-order chi connectivity index (χ0) is 19.0. The Hall–Kier alpha value is -2.54.